The molecule has 0 aliphatic carbocycles. The van der Waals surface area contributed by atoms with E-state index in [9.17, 15) is 5.11 Å². The number of aromatic nitrogens is 9. The van der Waals surface area contributed by atoms with Gasteiger partial charge in [0.15, 0.2) is 0 Å². The Kier molecular flexibility index (Phi) is 16.8. The van der Waals surface area contributed by atoms with E-state index in [2.05, 4.69) is 99.5 Å². The van der Waals surface area contributed by atoms with E-state index < -0.39 is 0 Å². The molecular formula is C42H56BCl2N9O4. The summed E-state index contributed by atoms with van der Waals surface area (Å²) >= 11 is 11.5. The summed E-state index contributed by atoms with van der Waals surface area (Å²) in [7, 11) is -0.329. The number of pyridine rings is 3. The second kappa shape index (κ2) is 21.0. The van der Waals surface area contributed by atoms with Crippen LogP contribution < -0.4 is 5.59 Å². The van der Waals surface area contributed by atoms with Crippen LogP contribution in [0.1, 0.15) is 104 Å². The second-order valence-corrected chi connectivity index (χ2v) is 15.9. The zero-order valence-electron chi connectivity index (χ0n) is 35.1. The molecule has 0 bridgehead atoms. The fraction of sp³-hybridized carbons (Fsp3) is 0.429. The van der Waals surface area contributed by atoms with Gasteiger partial charge in [-0.15, -0.1) is 11.6 Å². The fourth-order valence-electron chi connectivity index (χ4n) is 5.84. The van der Waals surface area contributed by atoms with Crippen molar-refractivity contribution in [3.8, 4) is 22.8 Å². The van der Waals surface area contributed by atoms with E-state index in [0.29, 0.717) is 28.7 Å². The minimum absolute atomic E-state index is 0.00749. The zero-order valence-corrected chi connectivity index (χ0v) is 36.6. The number of aliphatic hydroxyl groups excluding tert-OH is 2. The van der Waals surface area contributed by atoms with E-state index in [-0.39, 0.29) is 37.6 Å². The molecule has 0 aromatic carbocycles. The average Bonchev–Trinajstić information content (AvgIpc) is 4.02. The summed E-state index contributed by atoms with van der Waals surface area (Å²) in [6.45, 7) is 20.7. The molecule has 1 saturated heterocycles. The van der Waals surface area contributed by atoms with Gasteiger partial charge >= 0.3 is 7.12 Å². The van der Waals surface area contributed by atoms with Crippen LogP contribution in [0, 0.1) is 0 Å². The van der Waals surface area contributed by atoms with Crippen LogP contribution >= 0.6 is 23.2 Å². The third-order valence-electron chi connectivity index (χ3n) is 9.59. The Morgan fingerprint density at radius 1 is 0.586 bits per heavy atom. The van der Waals surface area contributed by atoms with E-state index in [1.165, 1.54) is 0 Å². The monoisotopic (exact) mass is 831 g/mol. The summed E-state index contributed by atoms with van der Waals surface area (Å²) in [5, 5.41) is 31.1. The highest BCUT2D eigenvalue weighted by Crippen LogP contribution is 2.36. The quantitative estimate of drug-likeness (QED) is 0.0828. The number of halogens is 2. The summed E-state index contributed by atoms with van der Waals surface area (Å²) in [4.78, 5) is 12.5. The topological polar surface area (TPSA) is 151 Å². The van der Waals surface area contributed by atoms with Crippen molar-refractivity contribution in [3.63, 3.8) is 0 Å². The lowest BCUT2D eigenvalue weighted by Gasteiger charge is -2.32. The molecule has 16 heteroatoms. The predicted octanol–water partition coefficient (Wildman–Crippen LogP) is 8.27. The molecule has 1 aliphatic heterocycles. The summed E-state index contributed by atoms with van der Waals surface area (Å²) in [6.07, 6.45) is 10.4. The van der Waals surface area contributed by atoms with Gasteiger partial charge < -0.3 is 19.5 Å². The van der Waals surface area contributed by atoms with Crippen LogP contribution in [0.2, 0.25) is 5.15 Å². The van der Waals surface area contributed by atoms with Gasteiger partial charge in [-0.3, -0.25) is 24.0 Å². The van der Waals surface area contributed by atoms with Gasteiger partial charge in [0.2, 0.25) is 0 Å². The van der Waals surface area contributed by atoms with Gasteiger partial charge in [0.1, 0.15) is 5.15 Å². The minimum Gasteiger partial charge on any atom is -0.398 e. The average molecular weight is 833 g/mol. The van der Waals surface area contributed by atoms with E-state index in [0.717, 1.165) is 39.5 Å². The first-order valence-corrected chi connectivity index (χ1v) is 20.2. The molecule has 6 aromatic rings. The van der Waals surface area contributed by atoms with Crippen LogP contribution in [0.25, 0.3) is 22.8 Å². The maximum Gasteiger partial charge on any atom is 0.514 e. The number of nitrogens with zero attached hydrogens (tertiary/aromatic N) is 9. The largest absolute Gasteiger partial charge is 0.514 e. The van der Waals surface area contributed by atoms with Crippen molar-refractivity contribution < 1.29 is 19.5 Å². The van der Waals surface area contributed by atoms with Crippen LogP contribution in [0.5, 0.6) is 0 Å². The third-order valence-corrected chi connectivity index (χ3v) is 10.2. The highest BCUT2D eigenvalue weighted by Gasteiger charge is 2.52. The molecule has 1 aliphatic rings. The van der Waals surface area contributed by atoms with Gasteiger partial charge in [0, 0.05) is 72.3 Å². The summed E-state index contributed by atoms with van der Waals surface area (Å²) in [5.41, 5.74) is 6.59. The van der Waals surface area contributed by atoms with E-state index in [1.54, 1.807) is 49.3 Å². The van der Waals surface area contributed by atoms with E-state index >= 15 is 0 Å². The summed E-state index contributed by atoms with van der Waals surface area (Å²) in [6, 6.07) is 17.8. The molecule has 6 aromatic heterocycles. The molecule has 7 heterocycles. The van der Waals surface area contributed by atoms with Gasteiger partial charge in [-0.25, -0.2) is 4.98 Å². The Bertz CT molecular complexity index is 2060. The predicted molar refractivity (Wildman–Crippen MR) is 231 cm³/mol. The van der Waals surface area contributed by atoms with Crippen molar-refractivity contribution in [1.82, 2.24) is 44.3 Å². The Morgan fingerprint density at radius 3 is 1.43 bits per heavy atom. The Morgan fingerprint density at radius 2 is 1.00 bits per heavy atom. The van der Waals surface area contributed by atoms with Crippen LogP contribution in [-0.4, -0.2) is 72.8 Å². The lowest BCUT2D eigenvalue weighted by Crippen LogP contribution is -2.41. The lowest BCUT2D eigenvalue weighted by atomic mass is 9.84. The highest BCUT2D eigenvalue weighted by atomic mass is 35.5. The molecule has 0 saturated carbocycles. The molecule has 310 valence electrons. The minimum atomic E-state index is -0.329. The second-order valence-electron chi connectivity index (χ2n) is 15.3. The first-order chi connectivity index (χ1) is 27.6. The molecule has 0 amide bonds. The van der Waals surface area contributed by atoms with Gasteiger partial charge in [-0.05, 0) is 111 Å². The van der Waals surface area contributed by atoms with Gasteiger partial charge in [0.25, 0.3) is 0 Å². The number of rotatable bonds is 9. The highest BCUT2D eigenvalue weighted by molar-refractivity contribution is 6.61. The van der Waals surface area contributed by atoms with Crippen molar-refractivity contribution in [2.45, 2.75) is 118 Å². The zero-order chi connectivity index (χ0) is 42.6. The summed E-state index contributed by atoms with van der Waals surface area (Å²) in [5.74, 6) is 0.465. The van der Waals surface area contributed by atoms with Gasteiger partial charge in [-0.2, -0.15) is 15.3 Å². The smallest absolute Gasteiger partial charge is 0.398 e. The number of hydrogen-bond donors (Lipinski definition) is 2. The molecule has 0 spiro atoms. The maximum atomic E-state index is 9.28. The summed E-state index contributed by atoms with van der Waals surface area (Å²) < 4.78 is 17.8. The Hall–Kier alpha value is -4.44. The van der Waals surface area contributed by atoms with Crippen molar-refractivity contribution in [1.29, 1.82) is 0 Å². The molecule has 13 nitrogen and oxygen atoms in total. The lowest BCUT2D eigenvalue weighted by molar-refractivity contribution is 0.00578. The third kappa shape index (κ3) is 11.4. The normalized spacial score (nSPS) is 14.1. The molecule has 0 radical (unpaired) electrons. The molecule has 1 fully saturated rings. The van der Waals surface area contributed by atoms with Crippen molar-refractivity contribution in [2.24, 2.45) is 0 Å². The van der Waals surface area contributed by atoms with E-state index in [1.807, 2.05) is 56.5 Å². The SMILES string of the molecule is CC(C)n1nccc1-c1ncccc1CCl.CC(C)n1nccc1-c1ncccc1CO.CC(C)n1nccc1B1OC(C)(C)C(C)(C)O1.OCc1cccnc1Cl. The Balaban J connectivity index is 0.000000175. The number of aliphatic hydroxyl groups is 2. The van der Waals surface area contributed by atoms with Crippen molar-refractivity contribution >= 4 is 35.9 Å². The molecule has 0 unspecified atom stereocenters. The van der Waals surface area contributed by atoms with Crippen molar-refractivity contribution in [3.05, 3.63) is 114 Å². The van der Waals surface area contributed by atoms with Gasteiger partial charge in [0.05, 0.1) is 52.8 Å². The molecule has 58 heavy (non-hydrogen) atoms. The molecule has 0 atom stereocenters. The van der Waals surface area contributed by atoms with Crippen LogP contribution in [-0.2, 0) is 28.4 Å². The van der Waals surface area contributed by atoms with Crippen molar-refractivity contribution in [2.75, 3.05) is 0 Å². The standard InChI is InChI=1S/C12H21BN2O2.C12H14ClN3.C12H15N3O.C6H6ClNO/c1-9(2)15-10(7-8-14-15)13-16-11(3,4)12(5,6)17-13;1-9(2)16-11(5-7-15-16)12-10(8-13)4-3-6-14-12;1-9(2)15-11(5-7-14-15)12-10(8-16)4-3-6-13-12;7-6-5(4-9)2-1-3-8-6/h7-9H,1-6H3;3-7,9H,8H2,1-2H3;3-7,9,16H,8H2,1-2H3;1-3,9H,4H2. The van der Waals surface area contributed by atoms with Crippen LogP contribution in [0.15, 0.2) is 91.8 Å². The molecule has 7 rings (SSSR count). The number of hydrogen-bond acceptors (Lipinski definition) is 10. The van der Waals surface area contributed by atoms with Crippen LogP contribution in [0.4, 0.5) is 0 Å². The molecule has 2 N–H and O–H groups in total. The fourth-order valence-corrected chi connectivity index (χ4v) is 6.24. The first kappa shape index (κ1) is 46.3. The first-order valence-electron chi connectivity index (χ1n) is 19.3. The Labute approximate surface area is 352 Å². The molecular weight excluding hydrogens is 776 g/mol. The van der Waals surface area contributed by atoms with E-state index in [4.69, 9.17) is 37.6 Å². The van der Waals surface area contributed by atoms with Gasteiger partial charge in [-0.1, -0.05) is 29.8 Å². The maximum absolute atomic E-state index is 9.28. The van der Waals surface area contributed by atoms with Crippen LogP contribution in [0.3, 0.4) is 0 Å². The number of alkyl halides is 1.